The maximum absolute atomic E-state index is 12.3. The number of nitrogens with two attached hydrogens (primary N) is 1. The molecule has 1 aromatic carbocycles. The summed E-state index contributed by atoms with van der Waals surface area (Å²) >= 11 is 0. The van der Waals surface area contributed by atoms with Gasteiger partial charge in [0.2, 0.25) is 11.8 Å². The van der Waals surface area contributed by atoms with Crippen LogP contribution in [-0.4, -0.2) is 25.0 Å². The van der Waals surface area contributed by atoms with E-state index in [0.29, 0.717) is 34.6 Å². The van der Waals surface area contributed by atoms with E-state index in [1.165, 1.54) is 13.2 Å². The molecule has 144 valence electrons. The average Bonchev–Trinajstić information content (AvgIpc) is 3.13. The van der Waals surface area contributed by atoms with Crippen LogP contribution in [0.3, 0.4) is 0 Å². The lowest BCUT2D eigenvalue weighted by atomic mass is 10.00. The Kier molecular flexibility index (Phi) is 5.78. The van der Waals surface area contributed by atoms with Crippen LogP contribution >= 0.6 is 0 Å². The van der Waals surface area contributed by atoms with Gasteiger partial charge in [0.15, 0.2) is 0 Å². The number of hydrogen-bond donors (Lipinski definition) is 2. The second-order valence-electron chi connectivity index (χ2n) is 7.03. The molecule has 0 spiro atoms. The number of fused-ring (bicyclic) bond motifs is 1. The molecule has 27 heavy (non-hydrogen) atoms. The minimum absolute atomic E-state index is 0.125. The summed E-state index contributed by atoms with van der Waals surface area (Å²) in [6.45, 7) is 0. The van der Waals surface area contributed by atoms with E-state index in [9.17, 15) is 14.4 Å². The third-order valence-corrected chi connectivity index (χ3v) is 5.09. The zero-order chi connectivity index (χ0) is 19.4. The van der Waals surface area contributed by atoms with Crippen LogP contribution in [0, 0.1) is 5.92 Å². The van der Waals surface area contributed by atoms with Crippen LogP contribution in [0.1, 0.15) is 37.7 Å². The Morgan fingerprint density at radius 2 is 2.04 bits per heavy atom. The van der Waals surface area contributed by atoms with Crippen LogP contribution in [0.4, 0.5) is 0 Å². The van der Waals surface area contributed by atoms with Crippen molar-refractivity contribution in [3.8, 4) is 5.75 Å². The number of methoxy groups -OCH3 is 1. The quantitative estimate of drug-likeness (QED) is 0.721. The first kappa shape index (κ1) is 18.9. The number of benzene rings is 1. The number of carbonyl (C=O) groups excluding carboxylic acids is 2. The number of primary amides is 1. The van der Waals surface area contributed by atoms with E-state index < -0.39 is 17.6 Å². The highest BCUT2D eigenvalue weighted by Crippen LogP contribution is 2.27. The maximum atomic E-state index is 12.3. The Morgan fingerprint density at radius 3 is 2.70 bits per heavy atom. The molecule has 0 bridgehead atoms. The van der Waals surface area contributed by atoms with Gasteiger partial charge in [-0.3, -0.25) is 9.59 Å². The van der Waals surface area contributed by atoms with Crippen molar-refractivity contribution in [3.63, 3.8) is 0 Å². The summed E-state index contributed by atoms with van der Waals surface area (Å²) in [4.78, 5) is 36.1. The van der Waals surface area contributed by atoms with Crippen molar-refractivity contribution in [1.82, 2.24) is 5.32 Å². The number of amides is 2. The molecule has 1 atom stereocenters. The van der Waals surface area contributed by atoms with Crippen molar-refractivity contribution in [1.29, 1.82) is 0 Å². The Balaban J connectivity index is 1.80. The van der Waals surface area contributed by atoms with Gasteiger partial charge in [-0.2, -0.15) is 0 Å². The largest absolute Gasteiger partial charge is 0.497 e. The Morgan fingerprint density at radius 1 is 1.30 bits per heavy atom. The molecule has 1 saturated carbocycles. The summed E-state index contributed by atoms with van der Waals surface area (Å²) in [5.41, 5.74) is 5.91. The highest BCUT2D eigenvalue weighted by molar-refractivity contribution is 5.88. The number of hydrogen-bond acceptors (Lipinski definition) is 5. The fraction of sp³-hybridized carbons (Fsp3) is 0.450. The molecule has 2 aromatic rings. The van der Waals surface area contributed by atoms with Gasteiger partial charge in [-0.15, -0.1) is 0 Å². The highest BCUT2D eigenvalue weighted by atomic mass is 16.5. The highest BCUT2D eigenvalue weighted by Gasteiger charge is 2.24. The molecule has 7 nitrogen and oxygen atoms in total. The second kappa shape index (κ2) is 8.24. The van der Waals surface area contributed by atoms with Gasteiger partial charge in [-0.05, 0) is 36.5 Å². The molecule has 2 amide bonds. The van der Waals surface area contributed by atoms with Crippen molar-refractivity contribution >= 4 is 22.8 Å². The monoisotopic (exact) mass is 372 g/mol. The molecule has 1 aliphatic carbocycles. The van der Waals surface area contributed by atoms with E-state index >= 15 is 0 Å². The van der Waals surface area contributed by atoms with Crippen LogP contribution in [0.25, 0.3) is 11.0 Å². The number of ether oxygens (including phenoxy) is 1. The van der Waals surface area contributed by atoms with E-state index in [1.54, 1.807) is 18.2 Å². The van der Waals surface area contributed by atoms with Crippen LogP contribution in [0.5, 0.6) is 5.75 Å². The van der Waals surface area contributed by atoms with Gasteiger partial charge in [-0.25, -0.2) is 4.79 Å². The molecular formula is C20H24N2O5. The first-order valence-electron chi connectivity index (χ1n) is 9.15. The smallest absolute Gasteiger partial charge is 0.336 e. The maximum Gasteiger partial charge on any atom is 0.336 e. The third kappa shape index (κ3) is 4.67. The van der Waals surface area contributed by atoms with Gasteiger partial charge in [0.25, 0.3) is 0 Å². The molecule has 0 unspecified atom stereocenters. The molecule has 3 rings (SSSR count). The average molecular weight is 372 g/mol. The minimum Gasteiger partial charge on any atom is -0.497 e. The van der Waals surface area contributed by atoms with E-state index in [4.69, 9.17) is 14.9 Å². The summed E-state index contributed by atoms with van der Waals surface area (Å²) in [5.74, 6) is 0.110. The van der Waals surface area contributed by atoms with Crippen LogP contribution in [-0.2, 0) is 16.0 Å². The van der Waals surface area contributed by atoms with Gasteiger partial charge in [-0.1, -0.05) is 12.8 Å². The van der Waals surface area contributed by atoms with Crippen LogP contribution < -0.4 is 21.4 Å². The summed E-state index contributed by atoms with van der Waals surface area (Å²) in [6, 6.07) is 5.55. The standard InChI is InChI=1S/C20H24N2O5/c1-26-14-6-7-15-13(10-19(24)27-17(15)11-14)9-16(20(21)25)22-18(23)8-12-4-2-3-5-12/h6-7,10-12,16H,2-5,8-9H2,1H3,(H2,21,25)(H,22,23)/t16-/m0/s1. The SMILES string of the molecule is COc1ccc2c(C[C@H](NC(=O)CC3CCCC3)C(N)=O)cc(=O)oc2c1. The van der Waals surface area contributed by atoms with Crippen molar-refractivity contribution in [2.24, 2.45) is 11.7 Å². The molecule has 0 aliphatic heterocycles. The van der Waals surface area contributed by atoms with Crippen molar-refractivity contribution < 1.29 is 18.7 Å². The first-order valence-corrected chi connectivity index (χ1v) is 9.15. The summed E-state index contributed by atoms with van der Waals surface area (Å²) in [6.07, 6.45) is 4.90. The lowest BCUT2D eigenvalue weighted by molar-refractivity contribution is -0.127. The van der Waals surface area contributed by atoms with Gasteiger partial charge >= 0.3 is 5.63 Å². The van der Waals surface area contributed by atoms with E-state index in [2.05, 4.69) is 5.32 Å². The number of rotatable bonds is 7. The van der Waals surface area contributed by atoms with Gasteiger partial charge in [0.1, 0.15) is 17.4 Å². The minimum atomic E-state index is -0.883. The van der Waals surface area contributed by atoms with Crippen LogP contribution in [0.15, 0.2) is 33.5 Å². The predicted octanol–water partition coefficient (Wildman–Crippen LogP) is 1.89. The topological polar surface area (TPSA) is 112 Å². The molecule has 1 aromatic heterocycles. The van der Waals surface area contributed by atoms with E-state index in [1.807, 2.05) is 0 Å². The van der Waals surface area contributed by atoms with E-state index in [0.717, 1.165) is 25.7 Å². The molecule has 1 aliphatic rings. The fourth-order valence-corrected chi connectivity index (χ4v) is 3.68. The summed E-state index contributed by atoms with van der Waals surface area (Å²) in [7, 11) is 1.52. The van der Waals surface area contributed by atoms with Gasteiger partial charge in [0.05, 0.1) is 7.11 Å². The van der Waals surface area contributed by atoms with Crippen molar-refractivity contribution in [2.45, 2.75) is 44.6 Å². The lowest BCUT2D eigenvalue weighted by Gasteiger charge is -2.18. The zero-order valence-electron chi connectivity index (χ0n) is 15.3. The predicted molar refractivity (Wildman–Crippen MR) is 100 cm³/mol. The Labute approximate surface area is 156 Å². The Hall–Kier alpha value is -2.83. The van der Waals surface area contributed by atoms with Gasteiger partial charge < -0.3 is 20.2 Å². The normalized spacial score (nSPS) is 15.6. The fourth-order valence-electron chi connectivity index (χ4n) is 3.68. The first-order chi connectivity index (χ1) is 13.0. The Bertz CT molecular complexity index is 899. The van der Waals surface area contributed by atoms with Gasteiger partial charge in [0, 0.05) is 30.4 Å². The second-order valence-corrected chi connectivity index (χ2v) is 7.03. The third-order valence-electron chi connectivity index (χ3n) is 5.09. The summed E-state index contributed by atoms with van der Waals surface area (Å²) < 4.78 is 10.4. The van der Waals surface area contributed by atoms with Crippen LogP contribution in [0.2, 0.25) is 0 Å². The molecule has 1 fully saturated rings. The zero-order valence-corrected chi connectivity index (χ0v) is 15.3. The molecular weight excluding hydrogens is 348 g/mol. The summed E-state index contributed by atoms with van der Waals surface area (Å²) in [5, 5.41) is 3.40. The van der Waals surface area contributed by atoms with E-state index in [-0.39, 0.29) is 12.3 Å². The molecule has 1 heterocycles. The molecule has 3 N–H and O–H groups in total. The number of carbonyl (C=O) groups is 2. The molecule has 7 heteroatoms. The van der Waals surface area contributed by atoms with Crippen molar-refractivity contribution in [2.75, 3.05) is 7.11 Å². The molecule has 0 radical (unpaired) electrons. The van der Waals surface area contributed by atoms with Crippen molar-refractivity contribution in [3.05, 3.63) is 40.2 Å². The lowest BCUT2D eigenvalue weighted by Crippen LogP contribution is -2.46. The molecule has 0 saturated heterocycles. The number of nitrogens with one attached hydrogen (secondary N) is 1.